The van der Waals surface area contributed by atoms with E-state index in [2.05, 4.69) is 20.0 Å². The zero-order valence-corrected chi connectivity index (χ0v) is 19.7. The van der Waals surface area contributed by atoms with Crippen LogP contribution in [0.5, 0.6) is 0 Å². The van der Waals surface area contributed by atoms with E-state index in [1.54, 1.807) is 19.9 Å². The van der Waals surface area contributed by atoms with Crippen molar-refractivity contribution in [3.05, 3.63) is 77.1 Å². The van der Waals surface area contributed by atoms with E-state index in [4.69, 9.17) is 16.3 Å². The molecule has 0 bridgehead atoms. The van der Waals surface area contributed by atoms with Gasteiger partial charge in [-0.05, 0) is 74.5 Å². The zero-order chi connectivity index (χ0) is 24.5. The molecular formula is C23H20ClFN4O4S. The topological polar surface area (TPSA) is 113 Å². The van der Waals surface area contributed by atoms with Crippen LogP contribution in [0, 0.1) is 5.82 Å². The molecule has 4 rings (SSSR count). The van der Waals surface area contributed by atoms with Crippen molar-refractivity contribution in [1.29, 1.82) is 0 Å². The molecule has 0 fully saturated rings. The molecule has 3 aromatic carbocycles. The van der Waals surface area contributed by atoms with E-state index in [1.807, 2.05) is 0 Å². The molecule has 0 spiro atoms. The van der Waals surface area contributed by atoms with Crippen LogP contribution in [0.25, 0.3) is 11.0 Å². The summed E-state index contributed by atoms with van der Waals surface area (Å²) in [6.45, 7) is 3.49. The summed E-state index contributed by atoms with van der Waals surface area (Å²) in [7, 11) is -3.91. The minimum Gasteiger partial charge on any atom is -0.459 e. The summed E-state index contributed by atoms with van der Waals surface area (Å²) in [5.41, 5.74) is 2.13. The van der Waals surface area contributed by atoms with Gasteiger partial charge in [0, 0.05) is 11.4 Å². The summed E-state index contributed by atoms with van der Waals surface area (Å²) in [6, 6.07) is 14.5. The van der Waals surface area contributed by atoms with Crippen LogP contribution < -0.4 is 10.0 Å². The van der Waals surface area contributed by atoms with Crippen molar-refractivity contribution in [3.8, 4) is 0 Å². The minimum absolute atomic E-state index is 0.0170. The maximum absolute atomic E-state index is 13.4. The van der Waals surface area contributed by atoms with E-state index >= 15 is 0 Å². The van der Waals surface area contributed by atoms with Crippen LogP contribution in [0.3, 0.4) is 0 Å². The lowest BCUT2D eigenvalue weighted by Gasteiger charge is -2.10. The second-order valence-electron chi connectivity index (χ2n) is 7.66. The van der Waals surface area contributed by atoms with Gasteiger partial charge in [0.25, 0.3) is 10.0 Å². The standard InChI is InChI=1S/C23H20ClFN4O4S/c1-13(2)33-22(30)14-3-5-15(6-4-14)29-34(31,32)17-8-10-20-21(12-17)28-23(27-20)26-16-7-9-19(25)18(24)11-16/h3-13,29H,1-2H3,(H2,26,27,28). The molecule has 0 atom stereocenters. The van der Waals surface area contributed by atoms with Crippen molar-refractivity contribution in [3.63, 3.8) is 0 Å². The normalized spacial score (nSPS) is 11.6. The number of nitrogens with zero attached hydrogens (tertiary/aromatic N) is 1. The lowest BCUT2D eigenvalue weighted by molar-refractivity contribution is 0.0378. The molecule has 3 N–H and O–H groups in total. The van der Waals surface area contributed by atoms with Crippen LogP contribution >= 0.6 is 11.6 Å². The Morgan fingerprint density at radius 3 is 2.44 bits per heavy atom. The number of carbonyl (C=O) groups excluding carboxylic acids is 1. The number of ether oxygens (including phenoxy) is 1. The van der Waals surface area contributed by atoms with Crippen molar-refractivity contribution in [2.75, 3.05) is 10.0 Å². The first-order valence-electron chi connectivity index (χ1n) is 10.2. The molecule has 34 heavy (non-hydrogen) atoms. The van der Waals surface area contributed by atoms with Gasteiger partial charge in [-0.15, -0.1) is 0 Å². The van der Waals surface area contributed by atoms with Gasteiger partial charge >= 0.3 is 5.97 Å². The van der Waals surface area contributed by atoms with Gasteiger partial charge in [0.1, 0.15) is 5.82 Å². The molecule has 0 amide bonds. The quantitative estimate of drug-likeness (QED) is 0.289. The second kappa shape index (κ2) is 9.32. The minimum atomic E-state index is -3.91. The van der Waals surface area contributed by atoms with E-state index in [-0.39, 0.29) is 16.0 Å². The van der Waals surface area contributed by atoms with Gasteiger partial charge in [-0.3, -0.25) is 4.72 Å². The Morgan fingerprint density at radius 2 is 1.76 bits per heavy atom. The number of carbonyl (C=O) groups is 1. The molecule has 0 radical (unpaired) electrons. The fourth-order valence-corrected chi connectivity index (χ4v) is 4.36. The average Bonchev–Trinajstić information content (AvgIpc) is 3.17. The summed E-state index contributed by atoms with van der Waals surface area (Å²) < 4.78 is 46.7. The molecule has 1 heterocycles. The summed E-state index contributed by atoms with van der Waals surface area (Å²) in [5.74, 6) is -0.685. The molecule has 0 aliphatic carbocycles. The molecule has 8 nitrogen and oxygen atoms in total. The van der Waals surface area contributed by atoms with Crippen LogP contribution in [0.15, 0.2) is 65.6 Å². The maximum Gasteiger partial charge on any atom is 0.338 e. The smallest absolute Gasteiger partial charge is 0.338 e. The number of hydrogen-bond donors (Lipinski definition) is 3. The third-order valence-electron chi connectivity index (χ3n) is 4.66. The van der Waals surface area contributed by atoms with E-state index in [0.717, 1.165) is 0 Å². The molecule has 0 aliphatic heterocycles. The van der Waals surface area contributed by atoms with Crippen molar-refractivity contribution >= 4 is 56.0 Å². The van der Waals surface area contributed by atoms with Crippen LogP contribution in [-0.2, 0) is 14.8 Å². The molecule has 0 aliphatic rings. The number of rotatable bonds is 7. The van der Waals surface area contributed by atoms with E-state index in [0.29, 0.717) is 33.9 Å². The van der Waals surface area contributed by atoms with E-state index < -0.39 is 21.8 Å². The number of nitrogens with one attached hydrogen (secondary N) is 3. The third kappa shape index (κ3) is 5.29. The number of aromatic amines is 1. The third-order valence-corrected chi connectivity index (χ3v) is 6.33. The van der Waals surface area contributed by atoms with Crippen LogP contribution in [0.1, 0.15) is 24.2 Å². The summed E-state index contributed by atoms with van der Waals surface area (Å²) in [5, 5.41) is 2.93. The number of esters is 1. The van der Waals surface area contributed by atoms with E-state index in [9.17, 15) is 17.6 Å². The first kappa shape index (κ1) is 23.5. The monoisotopic (exact) mass is 502 g/mol. The zero-order valence-electron chi connectivity index (χ0n) is 18.1. The highest BCUT2D eigenvalue weighted by atomic mass is 35.5. The molecule has 1 aromatic heterocycles. The number of benzene rings is 3. The lowest BCUT2D eigenvalue weighted by atomic mass is 10.2. The number of anilines is 3. The first-order chi connectivity index (χ1) is 16.1. The molecular weight excluding hydrogens is 483 g/mol. The lowest BCUT2D eigenvalue weighted by Crippen LogP contribution is -2.14. The number of sulfonamides is 1. The number of hydrogen-bond acceptors (Lipinski definition) is 6. The summed E-state index contributed by atoms with van der Waals surface area (Å²) in [6.07, 6.45) is -0.257. The highest BCUT2D eigenvalue weighted by Crippen LogP contribution is 2.25. The average molecular weight is 503 g/mol. The van der Waals surface area contributed by atoms with Crippen molar-refractivity contribution < 1.29 is 22.3 Å². The highest BCUT2D eigenvalue weighted by molar-refractivity contribution is 7.92. The van der Waals surface area contributed by atoms with Gasteiger partial charge in [0.2, 0.25) is 5.95 Å². The van der Waals surface area contributed by atoms with Gasteiger partial charge in [-0.1, -0.05) is 11.6 Å². The number of fused-ring (bicyclic) bond motifs is 1. The maximum atomic E-state index is 13.4. The molecule has 4 aromatic rings. The summed E-state index contributed by atoms with van der Waals surface area (Å²) >= 11 is 5.80. The van der Waals surface area contributed by atoms with Crippen LogP contribution in [0.2, 0.25) is 5.02 Å². The number of aromatic nitrogens is 2. The highest BCUT2D eigenvalue weighted by Gasteiger charge is 2.17. The molecule has 11 heteroatoms. The number of halogens is 2. The fraction of sp³-hybridized carbons (Fsp3) is 0.130. The van der Waals surface area contributed by atoms with Gasteiger partial charge in [0.05, 0.1) is 32.6 Å². The Morgan fingerprint density at radius 1 is 1.06 bits per heavy atom. The molecule has 0 unspecified atom stereocenters. The SMILES string of the molecule is CC(C)OC(=O)c1ccc(NS(=O)(=O)c2ccc3nc(Nc4ccc(F)c(Cl)c4)[nH]c3c2)cc1. The Hall–Kier alpha value is -3.63. The van der Waals surface area contributed by atoms with Crippen molar-refractivity contribution in [2.45, 2.75) is 24.8 Å². The Labute approximate surface area is 200 Å². The van der Waals surface area contributed by atoms with E-state index in [1.165, 1.54) is 54.6 Å². The number of H-pyrrole nitrogens is 1. The molecule has 176 valence electrons. The largest absolute Gasteiger partial charge is 0.459 e. The van der Waals surface area contributed by atoms with Gasteiger partial charge in [0.15, 0.2) is 0 Å². The van der Waals surface area contributed by atoms with Crippen molar-refractivity contribution in [1.82, 2.24) is 9.97 Å². The second-order valence-corrected chi connectivity index (χ2v) is 9.74. The van der Waals surface area contributed by atoms with Crippen LogP contribution in [0.4, 0.5) is 21.7 Å². The van der Waals surface area contributed by atoms with Gasteiger partial charge in [-0.2, -0.15) is 0 Å². The van der Waals surface area contributed by atoms with Gasteiger partial charge in [-0.25, -0.2) is 22.6 Å². The predicted molar refractivity (Wildman–Crippen MR) is 129 cm³/mol. The number of imidazole rings is 1. The van der Waals surface area contributed by atoms with Gasteiger partial charge < -0.3 is 15.0 Å². The fourth-order valence-electron chi connectivity index (χ4n) is 3.10. The molecule has 0 saturated heterocycles. The Kier molecular flexibility index (Phi) is 6.45. The molecule has 0 saturated carbocycles. The van der Waals surface area contributed by atoms with Crippen molar-refractivity contribution in [2.24, 2.45) is 0 Å². The van der Waals surface area contributed by atoms with Crippen LogP contribution in [-0.4, -0.2) is 30.5 Å². The summed E-state index contributed by atoms with van der Waals surface area (Å²) in [4.78, 5) is 19.3. The Bertz CT molecular complexity index is 1470. The first-order valence-corrected chi connectivity index (χ1v) is 12.0. The Balaban J connectivity index is 1.52. The predicted octanol–water partition coefficient (Wildman–Crippen LogP) is 5.47.